The van der Waals surface area contributed by atoms with Gasteiger partial charge in [-0.15, -0.1) is 6.42 Å². The topological polar surface area (TPSA) is 58.6 Å². The number of piperidine rings is 1. The first kappa shape index (κ1) is 15.4. The molecule has 1 aliphatic heterocycles. The summed E-state index contributed by atoms with van der Waals surface area (Å²) in [6.45, 7) is 6.15. The Morgan fingerprint density at radius 1 is 1.42 bits per heavy atom. The lowest BCUT2D eigenvalue weighted by Gasteiger charge is -2.35. The van der Waals surface area contributed by atoms with Crippen LogP contribution in [-0.4, -0.2) is 41.6 Å². The molecule has 0 saturated carbocycles. The Morgan fingerprint density at radius 2 is 2.11 bits per heavy atom. The zero-order chi connectivity index (χ0) is 14.5. The van der Waals surface area contributed by atoms with Crippen LogP contribution < -0.4 is 5.32 Å². The highest BCUT2D eigenvalue weighted by molar-refractivity contribution is 5.86. The van der Waals surface area contributed by atoms with Crippen LogP contribution in [0.3, 0.4) is 0 Å². The summed E-state index contributed by atoms with van der Waals surface area (Å²) in [5.41, 5.74) is -0.561. The van der Waals surface area contributed by atoms with Crippen LogP contribution >= 0.6 is 0 Å². The lowest BCUT2D eigenvalue weighted by molar-refractivity contribution is -0.127. The molecule has 1 N–H and O–H groups in total. The normalized spacial score (nSPS) is 19.5. The molecule has 106 valence electrons. The largest absolute Gasteiger partial charge is 0.444 e. The number of amides is 2. The highest BCUT2D eigenvalue weighted by Gasteiger charge is 2.34. The highest BCUT2D eigenvalue weighted by Crippen LogP contribution is 2.20. The van der Waals surface area contributed by atoms with E-state index in [0.717, 1.165) is 12.8 Å². The van der Waals surface area contributed by atoms with Crippen LogP contribution in [0, 0.1) is 12.3 Å². The number of terminal acetylenes is 1. The molecule has 0 bridgehead atoms. The van der Waals surface area contributed by atoms with E-state index in [4.69, 9.17) is 11.2 Å². The molecule has 1 rings (SSSR count). The van der Waals surface area contributed by atoms with Gasteiger partial charge in [0.15, 0.2) is 0 Å². The van der Waals surface area contributed by atoms with Crippen molar-refractivity contribution in [3.8, 4) is 12.3 Å². The van der Waals surface area contributed by atoms with Crippen molar-refractivity contribution in [2.24, 2.45) is 0 Å². The summed E-state index contributed by atoms with van der Waals surface area (Å²) in [6.07, 6.45) is 7.14. The van der Waals surface area contributed by atoms with E-state index in [2.05, 4.69) is 11.2 Å². The van der Waals surface area contributed by atoms with Gasteiger partial charge in [0.25, 0.3) is 0 Å². The number of carbonyl (C=O) groups is 2. The third kappa shape index (κ3) is 4.82. The van der Waals surface area contributed by atoms with Crippen LogP contribution in [0.25, 0.3) is 0 Å². The van der Waals surface area contributed by atoms with Crippen LogP contribution in [0.5, 0.6) is 0 Å². The van der Waals surface area contributed by atoms with E-state index < -0.39 is 17.7 Å². The first-order chi connectivity index (χ1) is 8.85. The monoisotopic (exact) mass is 266 g/mol. The number of nitrogens with zero attached hydrogens (tertiary/aromatic N) is 1. The third-order valence-corrected chi connectivity index (χ3v) is 2.80. The van der Waals surface area contributed by atoms with Crippen LogP contribution in [-0.2, 0) is 9.53 Å². The number of ether oxygens (including phenoxy) is 1. The molecular weight excluding hydrogens is 244 g/mol. The number of hydrogen-bond acceptors (Lipinski definition) is 3. The molecule has 19 heavy (non-hydrogen) atoms. The molecule has 1 atom stereocenters. The number of nitrogens with one attached hydrogen (secondary N) is 1. The molecular formula is C14H22N2O3. The minimum absolute atomic E-state index is 0.178. The Hall–Kier alpha value is -1.70. The van der Waals surface area contributed by atoms with Crippen molar-refractivity contribution in [2.75, 3.05) is 13.1 Å². The maximum absolute atomic E-state index is 12.1. The smallest absolute Gasteiger partial charge is 0.410 e. The number of carbonyl (C=O) groups excluding carboxylic acids is 2. The van der Waals surface area contributed by atoms with Gasteiger partial charge in [0.05, 0.1) is 6.54 Å². The van der Waals surface area contributed by atoms with Crippen molar-refractivity contribution in [3.05, 3.63) is 0 Å². The Kier molecular flexibility index (Phi) is 5.22. The van der Waals surface area contributed by atoms with E-state index in [1.54, 1.807) is 0 Å². The number of rotatable bonds is 2. The molecule has 0 radical (unpaired) electrons. The zero-order valence-corrected chi connectivity index (χ0v) is 11.9. The lowest BCUT2D eigenvalue weighted by atomic mass is 10.0. The molecule has 1 fully saturated rings. The van der Waals surface area contributed by atoms with Crippen molar-refractivity contribution in [1.29, 1.82) is 0 Å². The van der Waals surface area contributed by atoms with Gasteiger partial charge in [0, 0.05) is 6.54 Å². The van der Waals surface area contributed by atoms with E-state index >= 15 is 0 Å². The summed E-state index contributed by atoms with van der Waals surface area (Å²) in [5.74, 6) is 2.15. The van der Waals surface area contributed by atoms with Crippen molar-refractivity contribution in [3.63, 3.8) is 0 Å². The standard InChI is InChI=1S/C14H22N2O3/c1-5-9-15-12(17)11-8-6-7-10-16(11)13(18)19-14(2,3)4/h1,11H,6-10H2,2-4H3,(H,15,17)/t11-/m0/s1. The van der Waals surface area contributed by atoms with Gasteiger partial charge in [-0.2, -0.15) is 0 Å². The number of hydrogen-bond donors (Lipinski definition) is 1. The van der Waals surface area contributed by atoms with Gasteiger partial charge in [0.1, 0.15) is 11.6 Å². The van der Waals surface area contributed by atoms with Gasteiger partial charge in [-0.3, -0.25) is 9.69 Å². The predicted molar refractivity (Wildman–Crippen MR) is 72.4 cm³/mol. The van der Waals surface area contributed by atoms with Gasteiger partial charge in [-0.25, -0.2) is 4.79 Å². The summed E-state index contributed by atoms with van der Waals surface area (Å²) >= 11 is 0. The van der Waals surface area contributed by atoms with E-state index in [1.165, 1.54) is 4.90 Å². The Bertz CT molecular complexity index is 379. The first-order valence-corrected chi connectivity index (χ1v) is 6.56. The van der Waals surface area contributed by atoms with Gasteiger partial charge in [-0.05, 0) is 40.0 Å². The van der Waals surface area contributed by atoms with Crippen LogP contribution in [0.4, 0.5) is 4.79 Å². The molecule has 0 aliphatic carbocycles. The zero-order valence-electron chi connectivity index (χ0n) is 11.9. The molecule has 0 aromatic carbocycles. The van der Waals surface area contributed by atoms with Crippen LogP contribution in [0.15, 0.2) is 0 Å². The molecule has 0 unspecified atom stereocenters. The van der Waals surface area contributed by atoms with Gasteiger partial charge < -0.3 is 10.1 Å². The molecule has 2 amide bonds. The Morgan fingerprint density at radius 3 is 2.68 bits per heavy atom. The Labute approximate surface area is 114 Å². The number of likely N-dealkylation sites (tertiary alicyclic amines) is 1. The van der Waals surface area contributed by atoms with Gasteiger partial charge in [-0.1, -0.05) is 5.92 Å². The van der Waals surface area contributed by atoms with Crippen molar-refractivity contribution in [1.82, 2.24) is 10.2 Å². The van der Waals surface area contributed by atoms with Gasteiger partial charge in [0.2, 0.25) is 5.91 Å². The third-order valence-electron chi connectivity index (χ3n) is 2.80. The molecule has 5 heteroatoms. The molecule has 1 heterocycles. The fraction of sp³-hybridized carbons (Fsp3) is 0.714. The van der Waals surface area contributed by atoms with E-state index in [0.29, 0.717) is 13.0 Å². The maximum Gasteiger partial charge on any atom is 0.410 e. The minimum atomic E-state index is -0.561. The lowest BCUT2D eigenvalue weighted by Crippen LogP contribution is -2.53. The summed E-state index contributed by atoms with van der Waals surface area (Å²) in [6, 6.07) is -0.475. The SMILES string of the molecule is C#CCNC(=O)[C@@H]1CCCCN1C(=O)OC(C)(C)C. The highest BCUT2D eigenvalue weighted by atomic mass is 16.6. The van der Waals surface area contributed by atoms with E-state index in [-0.39, 0.29) is 12.5 Å². The summed E-state index contributed by atoms with van der Waals surface area (Å²) in [5, 5.41) is 2.63. The van der Waals surface area contributed by atoms with E-state index in [9.17, 15) is 9.59 Å². The fourth-order valence-electron chi connectivity index (χ4n) is 2.00. The summed E-state index contributed by atoms with van der Waals surface area (Å²) < 4.78 is 5.33. The fourth-order valence-corrected chi connectivity index (χ4v) is 2.00. The predicted octanol–water partition coefficient (Wildman–Crippen LogP) is 1.53. The second-order valence-corrected chi connectivity index (χ2v) is 5.61. The molecule has 5 nitrogen and oxygen atoms in total. The average molecular weight is 266 g/mol. The molecule has 1 aliphatic rings. The molecule has 0 aromatic heterocycles. The second-order valence-electron chi connectivity index (χ2n) is 5.61. The summed E-state index contributed by atoms with van der Waals surface area (Å²) in [4.78, 5) is 25.6. The second kappa shape index (κ2) is 6.46. The molecule has 1 saturated heterocycles. The molecule has 0 aromatic rings. The average Bonchev–Trinajstić information content (AvgIpc) is 2.34. The van der Waals surface area contributed by atoms with Crippen molar-refractivity contribution >= 4 is 12.0 Å². The Balaban J connectivity index is 2.69. The molecule has 0 spiro atoms. The first-order valence-electron chi connectivity index (χ1n) is 6.56. The van der Waals surface area contributed by atoms with Crippen LogP contribution in [0.2, 0.25) is 0 Å². The van der Waals surface area contributed by atoms with Crippen molar-refractivity contribution < 1.29 is 14.3 Å². The van der Waals surface area contributed by atoms with E-state index in [1.807, 2.05) is 20.8 Å². The summed E-state index contributed by atoms with van der Waals surface area (Å²) in [7, 11) is 0. The van der Waals surface area contributed by atoms with Crippen LogP contribution in [0.1, 0.15) is 40.0 Å². The maximum atomic E-state index is 12.1. The van der Waals surface area contributed by atoms with Gasteiger partial charge >= 0.3 is 6.09 Å². The quantitative estimate of drug-likeness (QED) is 0.771. The minimum Gasteiger partial charge on any atom is -0.444 e. The van der Waals surface area contributed by atoms with Crippen molar-refractivity contribution in [2.45, 2.75) is 51.7 Å².